The monoisotopic (exact) mass is 466 g/mol. The molecule has 2 aromatic carbocycles. The molecular formula is C22H27ClN2O5S. The van der Waals surface area contributed by atoms with Crippen LogP contribution in [0.3, 0.4) is 0 Å². The average molecular weight is 467 g/mol. The van der Waals surface area contributed by atoms with E-state index in [1.165, 1.54) is 32.2 Å². The number of hydrogen-bond donors (Lipinski definition) is 2. The van der Waals surface area contributed by atoms with E-state index in [1.54, 1.807) is 12.1 Å². The molecule has 2 aromatic rings. The van der Waals surface area contributed by atoms with E-state index in [0.717, 1.165) is 11.1 Å². The van der Waals surface area contributed by atoms with Crippen LogP contribution in [0.25, 0.3) is 0 Å². The predicted octanol–water partition coefficient (Wildman–Crippen LogP) is 5.31. The van der Waals surface area contributed by atoms with Crippen molar-refractivity contribution in [3.63, 3.8) is 0 Å². The molecule has 0 fully saturated rings. The van der Waals surface area contributed by atoms with Gasteiger partial charge in [0.05, 0.1) is 17.6 Å². The summed E-state index contributed by atoms with van der Waals surface area (Å²) in [5.74, 6) is -0.0199. The fourth-order valence-corrected chi connectivity index (χ4v) is 4.32. The molecule has 2 amide bonds. The molecule has 0 aliphatic carbocycles. The van der Waals surface area contributed by atoms with Crippen molar-refractivity contribution in [2.24, 2.45) is 0 Å². The maximum absolute atomic E-state index is 12.8. The zero-order chi connectivity index (χ0) is 23.5. The second-order valence-corrected chi connectivity index (χ2v) is 9.87. The predicted molar refractivity (Wildman–Crippen MR) is 122 cm³/mol. The maximum atomic E-state index is 12.8. The van der Waals surface area contributed by atoms with Crippen molar-refractivity contribution in [1.29, 1.82) is 0 Å². The van der Waals surface area contributed by atoms with Crippen LogP contribution in [-0.2, 0) is 10.0 Å². The number of carbonyl (C=O) groups excluding carboxylic acids is 2. The van der Waals surface area contributed by atoms with Crippen LogP contribution in [0.1, 0.15) is 67.9 Å². The van der Waals surface area contributed by atoms with Gasteiger partial charge in [-0.15, -0.1) is 0 Å². The van der Waals surface area contributed by atoms with Gasteiger partial charge in [0.1, 0.15) is 5.75 Å². The number of amides is 2. The second kappa shape index (κ2) is 9.70. The van der Waals surface area contributed by atoms with Gasteiger partial charge in [-0.2, -0.15) is 0 Å². The van der Waals surface area contributed by atoms with Crippen molar-refractivity contribution in [2.75, 3.05) is 12.4 Å². The quantitative estimate of drug-likeness (QED) is 0.538. The number of benzene rings is 2. The molecule has 0 bridgehead atoms. The first kappa shape index (κ1) is 24.7. The Kier molecular flexibility index (Phi) is 7.72. The molecule has 0 aliphatic heterocycles. The zero-order valence-electron chi connectivity index (χ0n) is 18.4. The van der Waals surface area contributed by atoms with Crippen LogP contribution in [0.2, 0.25) is 5.02 Å². The minimum atomic E-state index is -4.23. The van der Waals surface area contributed by atoms with Crippen molar-refractivity contribution in [3.8, 4) is 5.75 Å². The third kappa shape index (κ3) is 5.77. The third-order valence-electron chi connectivity index (χ3n) is 4.73. The number of urea groups is 1. The third-order valence-corrected chi connectivity index (χ3v) is 6.28. The van der Waals surface area contributed by atoms with E-state index in [1.807, 2.05) is 32.4 Å². The van der Waals surface area contributed by atoms with Gasteiger partial charge in [-0.3, -0.25) is 4.79 Å². The number of Topliss-reactive ketones (excluding diaryl/α,β-unsaturated/α-hetero) is 1. The number of hydrogen-bond acceptors (Lipinski definition) is 5. The standard InChI is InChI=1S/C22H27ClN2O5S/c1-12(2)17-9-15(23)10-18(13(3)4)21(17)24-22(27)25-31(28,29)16-7-8-20(30-6)19(11-16)14(5)26/h7-13H,1-6H3,(H2,24,25,27). The van der Waals surface area contributed by atoms with Gasteiger partial charge in [-0.1, -0.05) is 39.3 Å². The first-order chi connectivity index (χ1) is 14.4. The molecule has 168 valence electrons. The van der Waals surface area contributed by atoms with Crippen LogP contribution in [0.5, 0.6) is 5.75 Å². The number of ether oxygens (including phenoxy) is 1. The molecular weight excluding hydrogens is 440 g/mol. The van der Waals surface area contributed by atoms with Crippen LogP contribution in [-0.4, -0.2) is 27.3 Å². The lowest BCUT2D eigenvalue weighted by Crippen LogP contribution is -2.35. The van der Waals surface area contributed by atoms with Crippen molar-refractivity contribution in [2.45, 2.75) is 51.3 Å². The van der Waals surface area contributed by atoms with Crippen LogP contribution in [0, 0.1) is 0 Å². The highest BCUT2D eigenvalue weighted by Gasteiger charge is 2.23. The summed E-state index contributed by atoms with van der Waals surface area (Å²) in [4.78, 5) is 24.2. The Balaban J connectivity index is 2.39. The summed E-state index contributed by atoms with van der Waals surface area (Å²) in [5.41, 5.74) is 2.23. The van der Waals surface area contributed by atoms with Crippen LogP contribution in [0.15, 0.2) is 35.2 Å². The van der Waals surface area contributed by atoms with E-state index in [4.69, 9.17) is 16.3 Å². The van der Waals surface area contributed by atoms with Gasteiger partial charge in [0.15, 0.2) is 5.78 Å². The molecule has 0 atom stereocenters. The number of halogens is 1. The Hall–Kier alpha value is -2.58. The Morgan fingerprint density at radius 1 is 1.00 bits per heavy atom. The Labute approximate surface area is 188 Å². The molecule has 0 aromatic heterocycles. The lowest BCUT2D eigenvalue weighted by atomic mass is 9.92. The molecule has 2 N–H and O–H groups in total. The van der Waals surface area contributed by atoms with E-state index in [0.29, 0.717) is 10.7 Å². The maximum Gasteiger partial charge on any atom is 0.333 e. The van der Waals surface area contributed by atoms with E-state index >= 15 is 0 Å². The Bertz CT molecular complexity index is 1080. The van der Waals surface area contributed by atoms with Gasteiger partial charge in [0.2, 0.25) is 0 Å². The summed E-state index contributed by atoms with van der Waals surface area (Å²) < 4.78 is 32.6. The number of methoxy groups -OCH3 is 1. The Morgan fingerprint density at radius 3 is 2.00 bits per heavy atom. The number of anilines is 1. The number of carbonyl (C=O) groups is 2. The lowest BCUT2D eigenvalue weighted by molar-refractivity contribution is 0.101. The summed E-state index contributed by atoms with van der Waals surface area (Å²) in [6.07, 6.45) is 0. The van der Waals surface area contributed by atoms with Crippen molar-refractivity contribution >= 4 is 39.1 Å². The van der Waals surface area contributed by atoms with Crippen molar-refractivity contribution in [3.05, 3.63) is 52.0 Å². The number of rotatable bonds is 7. The zero-order valence-corrected chi connectivity index (χ0v) is 19.9. The van der Waals surface area contributed by atoms with Gasteiger partial charge in [0, 0.05) is 10.7 Å². The van der Waals surface area contributed by atoms with Crippen LogP contribution in [0.4, 0.5) is 10.5 Å². The normalized spacial score (nSPS) is 11.5. The molecule has 0 saturated carbocycles. The van der Waals surface area contributed by atoms with Gasteiger partial charge in [-0.25, -0.2) is 17.9 Å². The summed E-state index contributed by atoms with van der Waals surface area (Å²) >= 11 is 6.24. The first-order valence-electron chi connectivity index (χ1n) is 9.73. The summed E-state index contributed by atoms with van der Waals surface area (Å²) in [7, 11) is -2.85. The summed E-state index contributed by atoms with van der Waals surface area (Å²) in [6.45, 7) is 9.12. The molecule has 7 nitrogen and oxygen atoms in total. The van der Waals surface area contributed by atoms with Gasteiger partial charge >= 0.3 is 6.03 Å². The summed E-state index contributed by atoms with van der Waals surface area (Å²) in [6, 6.07) is 6.41. The van der Waals surface area contributed by atoms with Crippen molar-refractivity contribution in [1.82, 2.24) is 4.72 Å². The van der Waals surface area contributed by atoms with E-state index < -0.39 is 16.1 Å². The molecule has 0 spiro atoms. The SMILES string of the molecule is COc1ccc(S(=O)(=O)NC(=O)Nc2c(C(C)C)cc(Cl)cc2C(C)C)cc1C(C)=O. The molecule has 9 heteroatoms. The highest BCUT2D eigenvalue weighted by molar-refractivity contribution is 7.90. The highest BCUT2D eigenvalue weighted by atomic mass is 35.5. The smallest absolute Gasteiger partial charge is 0.333 e. The number of ketones is 1. The van der Waals surface area contributed by atoms with Gasteiger partial charge < -0.3 is 10.1 Å². The number of nitrogens with one attached hydrogen (secondary N) is 2. The molecule has 0 unspecified atom stereocenters. The lowest BCUT2D eigenvalue weighted by Gasteiger charge is -2.21. The van der Waals surface area contributed by atoms with E-state index in [9.17, 15) is 18.0 Å². The molecule has 0 heterocycles. The second-order valence-electron chi connectivity index (χ2n) is 7.75. The van der Waals surface area contributed by atoms with Crippen molar-refractivity contribution < 1.29 is 22.7 Å². The van der Waals surface area contributed by atoms with Gasteiger partial charge in [-0.05, 0) is 60.2 Å². The summed E-state index contributed by atoms with van der Waals surface area (Å²) in [5, 5.41) is 3.22. The molecule has 0 saturated heterocycles. The molecule has 0 radical (unpaired) electrons. The van der Waals surface area contributed by atoms with Crippen LogP contribution < -0.4 is 14.8 Å². The molecule has 31 heavy (non-hydrogen) atoms. The Morgan fingerprint density at radius 2 is 1.55 bits per heavy atom. The molecule has 2 rings (SSSR count). The largest absolute Gasteiger partial charge is 0.496 e. The van der Waals surface area contributed by atoms with Crippen LogP contribution >= 0.6 is 11.6 Å². The minimum Gasteiger partial charge on any atom is -0.496 e. The van der Waals surface area contributed by atoms with E-state index in [-0.39, 0.29) is 33.8 Å². The molecule has 0 aliphatic rings. The highest BCUT2D eigenvalue weighted by Crippen LogP contribution is 2.35. The fraction of sp³-hybridized carbons (Fsp3) is 0.364. The minimum absolute atomic E-state index is 0.0443. The number of sulfonamides is 1. The van der Waals surface area contributed by atoms with Gasteiger partial charge in [0.25, 0.3) is 10.0 Å². The average Bonchev–Trinajstić information content (AvgIpc) is 2.67. The first-order valence-corrected chi connectivity index (χ1v) is 11.6. The fourth-order valence-electron chi connectivity index (χ4n) is 3.15. The van der Waals surface area contributed by atoms with E-state index in [2.05, 4.69) is 5.32 Å². The topological polar surface area (TPSA) is 102 Å².